The van der Waals surface area contributed by atoms with E-state index in [0.29, 0.717) is 11.6 Å². The first-order chi connectivity index (χ1) is 13.7. The third-order valence-corrected chi connectivity index (χ3v) is 5.85. The van der Waals surface area contributed by atoms with Crippen molar-refractivity contribution in [1.82, 2.24) is 15.2 Å². The second kappa shape index (κ2) is 8.84. The van der Waals surface area contributed by atoms with Crippen LogP contribution in [0.2, 0.25) is 0 Å². The lowest BCUT2D eigenvalue weighted by Crippen LogP contribution is -2.44. The van der Waals surface area contributed by atoms with Gasteiger partial charge in [0.2, 0.25) is 0 Å². The fourth-order valence-corrected chi connectivity index (χ4v) is 4.03. The van der Waals surface area contributed by atoms with Gasteiger partial charge in [0.25, 0.3) is 0 Å². The SMILES string of the molecule is Cc1ccc(CNC2CCN(CCN3C=CCc4ncccc43)CC2)cc1F. The summed E-state index contributed by atoms with van der Waals surface area (Å²) in [6, 6.07) is 10.2. The van der Waals surface area contributed by atoms with Gasteiger partial charge in [-0.1, -0.05) is 18.2 Å². The molecule has 3 heterocycles. The highest BCUT2D eigenvalue weighted by Gasteiger charge is 2.20. The maximum absolute atomic E-state index is 13.7. The van der Waals surface area contributed by atoms with E-state index in [4.69, 9.17) is 0 Å². The zero-order valence-electron chi connectivity index (χ0n) is 16.6. The molecule has 4 rings (SSSR count). The van der Waals surface area contributed by atoms with Gasteiger partial charge in [-0.15, -0.1) is 0 Å². The number of nitrogens with zero attached hydrogens (tertiary/aromatic N) is 3. The highest BCUT2D eigenvalue weighted by atomic mass is 19.1. The maximum Gasteiger partial charge on any atom is 0.126 e. The summed E-state index contributed by atoms with van der Waals surface area (Å²) in [6.07, 6.45) is 9.47. The number of fused-ring (bicyclic) bond motifs is 1. The van der Waals surface area contributed by atoms with Crippen molar-refractivity contribution in [2.24, 2.45) is 0 Å². The number of halogens is 1. The fourth-order valence-electron chi connectivity index (χ4n) is 4.03. The number of aromatic nitrogens is 1. The minimum absolute atomic E-state index is 0.113. The number of hydrogen-bond donors (Lipinski definition) is 1. The number of nitrogens with one attached hydrogen (secondary N) is 1. The Bertz CT molecular complexity index is 827. The second-order valence-electron chi connectivity index (χ2n) is 7.83. The van der Waals surface area contributed by atoms with E-state index in [-0.39, 0.29) is 5.82 Å². The Morgan fingerprint density at radius 1 is 1.18 bits per heavy atom. The van der Waals surface area contributed by atoms with Crippen LogP contribution in [0, 0.1) is 12.7 Å². The summed E-state index contributed by atoms with van der Waals surface area (Å²) in [7, 11) is 0. The first kappa shape index (κ1) is 19.1. The molecule has 0 aliphatic carbocycles. The number of benzene rings is 1. The molecule has 0 bridgehead atoms. The summed E-state index contributed by atoms with van der Waals surface area (Å²) in [5, 5.41) is 3.60. The largest absolute Gasteiger partial charge is 0.346 e. The van der Waals surface area contributed by atoms with E-state index in [1.54, 1.807) is 13.0 Å². The van der Waals surface area contributed by atoms with Crippen LogP contribution in [0.25, 0.3) is 0 Å². The first-order valence-corrected chi connectivity index (χ1v) is 10.3. The summed E-state index contributed by atoms with van der Waals surface area (Å²) < 4.78 is 13.7. The summed E-state index contributed by atoms with van der Waals surface area (Å²) in [5.74, 6) is -0.113. The van der Waals surface area contributed by atoms with Gasteiger partial charge in [-0.05, 0) is 62.2 Å². The molecule has 0 spiro atoms. The standard InChI is InChI=1S/C23H29FN4/c1-18-6-7-19(16-21(18)24)17-26-20-8-12-27(13-9-20)14-15-28-11-3-4-22-23(28)5-2-10-25-22/h2-3,5-7,10-11,16,20,26H,4,8-9,12-15,17H2,1H3. The molecule has 0 amide bonds. The molecule has 0 unspecified atom stereocenters. The maximum atomic E-state index is 13.7. The van der Waals surface area contributed by atoms with Crippen molar-refractivity contribution in [3.05, 3.63) is 71.4 Å². The number of hydrogen-bond acceptors (Lipinski definition) is 4. The Morgan fingerprint density at radius 3 is 2.86 bits per heavy atom. The van der Waals surface area contributed by atoms with Crippen LogP contribution in [0.1, 0.15) is 29.7 Å². The number of pyridine rings is 1. The van der Waals surface area contributed by atoms with E-state index in [1.807, 2.05) is 24.4 Å². The second-order valence-corrected chi connectivity index (χ2v) is 7.83. The highest BCUT2D eigenvalue weighted by Crippen LogP contribution is 2.23. The number of aryl methyl sites for hydroxylation is 1. The normalized spacial score (nSPS) is 17.7. The van der Waals surface area contributed by atoms with Crippen molar-refractivity contribution >= 4 is 5.69 Å². The van der Waals surface area contributed by atoms with Crippen LogP contribution in [0.3, 0.4) is 0 Å². The molecular formula is C23H29FN4. The molecule has 1 fully saturated rings. The minimum atomic E-state index is -0.113. The van der Waals surface area contributed by atoms with Crippen molar-refractivity contribution < 1.29 is 4.39 Å². The molecule has 2 aliphatic heterocycles. The number of piperidine rings is 1. The molecule has 2 aromatic rings. The van der Waals surface area contributed by atoms with Gasteiger partial charge < -0.3 is 15.1 Å². The van der Waals surface area contributed by atoms with Crippen molar-refractivity contribution in [3.8, 4) is 0 Å². The first-order valence-electron chi connectivity index (χ1n) is 10.3. The van der Waals surface area contributed by atoms with E-state index in [9.17, 15) is 4.39 Å². The van der Waals surface area contributed by atoms with Crippen LogP contribution >= 0.6 is 0 Å². The van der Waals surface area contributed by atoms with Gasteiger partial charge in [0.15, 0.2) is 0 Å². The summed E-state index contributed by atoms with van der Waals surface area (Å²) in [6.45, 7) is 6.82. The fraction of sp³-hybridized carbons (Fsp3) is 0.435. The zero-order valence-corrected chi connectivity index (χ0v) is 16.6. The average Bonchev–Trinajstić information content (AvgIpc) is 2.74. The molecule has 0 radical (unpaired) electrons. The topological polar surface area (TPSA) is 31.4 Å². The van der Waals surface area contributed by atoms with Crippen LogP contribution in [-0.2, 0) is 13.0 Å². The van der Waals surface area contributed by atoms with Crippen molar-refractivity contribution in [2.45, 2.75) is 38.8 Å². The van der Waals surface area contributed by atoms with E-state index in [0.717, 1.165) is 57.5 Å². The molecule has 5 heteroatoms. The molecule has 1 N–H and O–H groups in total. The lowest BCUT2D eigenvalue weighted by Gasteiger charge is -2.34. The Hall–Kier alpha value is -2.24. The molecule has 1 aromatic heterocycles. The average molecular weight is 381 g/mol. The monoisotopic (exact) mass is 380 g/mol. The van der Waals surface area contributed by atoms with E-state index < -0.39 is 0 Å². The van der Waals surface area contributed by atoms with Crippen LogP contribution in [0.5, 0.6) is 0 Å². The van der Waals surface area contributed by atoms with Crippen LogP contribution in [0.15, 0.2) is 48.8 Å². The van der Waals surface area contributed by atoms with Gasteiger partial charge in [-0.2, -0.15) is 0 Å². The Morgan fingerprint density at radius 2 is 2.04 bits per heavy atom. The van der Waals surface area contributed by atoms with Gasteiger partial charge in [0.1, 0.15) is 5.82 Å². The number of allylic oxidation sites excluding steroid dienone is 1. The predicted molar refractivity (Wildman–Crippen MR) is 112 cm³/mol. The van der Waals surface area contributed by atoms with Gasteiger partial charge in [-0.3, -0.25) is 4.98 Å². The third kappa shape index (κ3) is 4.59. The summed E-state index contributed by atoms with van der Waals surface area (Å²) in [4.78, 5) is 9.36. The van der Waals surface area contributed by atoms with E-state index >= 15 is 0 Å². The van der Waals surface area contributed by atoms with Crippen molar-refractivity contribution in [2.75, 3.05) is 31.1 Å². The Balaban J connectivity index is 1.21. The van der Waals surface area contributed by atoms with E-state index in [2.05, 4.69) is 38.4 Å². The summed E-state index contributed by atoms with van der Waals surface area (Å²) >= 11 is 0. The van der Waals surface area contributed by atoms with Crippen LogP contribution in [0.4, 0.5) is 10.1 Å². The highest BCUT2D eigenvalue weighted by molar-refractivity contribution is 5.55. The Labute approximate surface area is 167 Å². The molecule has 1 saturated heterocycles. The molecule has 4 nitrogen and oxygen atoms in total. The number of likely N-dealkylation sites (tertiary alicyclic amines) is 1. The van der Waals surface area contributed by atoms with Crippen LogP contribution in [-0.4, -0.2) is 42.1 Å². The smallest absolute Gasteiger partial charge is 0.126 e. The molecule has 1 aromatic carbocycles. The Kier molecular flexibility index (Phi) is 6.03. The van der Waals surface area contributed by atoms with Gasteiger partial charge in [0, 0.05) is 44.5 Å². The molecular weight excluding hydrogens is 351 g/mol. The zero-order chi connectivity index (χ0) is 19.3. The molecule has 0 saturated carbocycles. The van der Waals surface area contributed by atoms with Crippen molar-refractivity contribution in [1.29, 1.82) is 0 Å². The molecule has 0 atom stereocenters. The van der Waals surface area contributed by atoms with E-state index in [1.165, 1.54) is 11.4 Å². The number of rotatable bonds is 6. The van der Waals surface area contributed by atoms with Gasteiger partial charge in [0.05, 0.1) is 11.4 Å². The lowest BCUT2D eigenvalue weighted by molar-refractivity contribution is 0.201. The minimum Gasteiger partial charge on any atom is -0.346 e. The predicted octanol–water partition coefficient (Wildman–Crippen LogP) is 3.66. The lowest BCUT2D eigenvalue weighted by atomic mass is 10.0. The van der Waals surface area contributed by atoms with Crippen LogP contribution < -0.4 is 10.2 Å². The van der Waals surface area contributed by atoms with Crippen molar-refractivity contribution in [3.63, 3.8) is 0 Å². The molecule has 148 valence electrons. The summed E-state index contributed by atoms with van der Waals surface area (Å²) in [5.41, 5.74) is 4.14. The molecule has 28 heavy (non-hydrogen) atoms. The van der Waals surface area contributed by atoms with Gasteiger partial charge >= 0.3 is 0 Å². The third-order valence-electron chi connectivity index (χ3n) is 5.85. The molecule has 2 aliphatic rings. The number of anilines is 1. The quantitative estimate of drug-likeness (QED) is 0.829. The van der Waals surface area contributed by atoms with Gasteiger partial charge in [-0.25, -0.2) is 4.39 Å².